The van der Waals surface area contributed by atoms with Crippen LogP contribution in [0.15, 0.2) is 44.4 Å². The molecule has 3 nitrogen and oxygen atoms in total. The summed E-state index contributed by atoms with van der Waals surface area (Å²) in [6.07, 6.45) is 0. The van der Waals surface area contributed by atoms with Crippen LogP contribution in [-0.2, 0) is 16.6 Å². The van der Waals surface area contributed by atoms with E-state index >= 15 is 0 Å². The van der Waals surface area contributed by atoms with Gasteiger partial charge in [0.25, 0.3) is 10.0 Å². The van der Waals surface area contributed by atoms with Gasteiger partial charge < -0.3 is 0 Å². The first-order valence-corrected chi connectivity index (χ1v) is 8.46. The molecule has 0 bridgehead atoms. The maximum absolute atomic E-state index is 13.7. The van der Waals surface area contributed by atoms with Crippen molar-refractivity contribution in [2.24, 2.45) is 0 Å². The Morgan fingerprint density at radius 3 is 2.68 bits per heavy atom. The number of nitrogens with zero attached hydrogens (tertiary/aromatic N) is 1. The Morgan fingerprint density at radius 2 is 2.11 bits per heavy atom. The summed E-state index contributed by atoms with van der Waals surface area (Å²) in [4.78, 5) is 0. The minimum absolute atomic E-state index is 0.000648. The first-order valence-electron chi connectivity index (χ1n) is 5.35. The van der Waals surface area contributed by atoms with Crippen LogP contribution in [0.5, 0.6) is 0 Å². The molecule has 2 aromatic rings. The molecule has 7 heteroatoms. The molecule has 1 aromatic heterocycles. The lowest BCUT2D eigenvalue weighted by molar-refractivity contribution is 0.458. The average Bonchev–Trinajstić information content (AvgIpc) is 2.86. The predicted molar refractivity (Wildman–Crippen MR) is 77.1 cm³/mol. The van der Waals surface area contributed by atoms with Gasteiger partial charge in [-0.05, 0) is 23.6 Å². The molecule has 0 aliphatic heterocycles. The highest BCUT2D eigenvalue weighted by Crippen LogP contribution is 2.23. The Morgan fingerprint density at radius 1 is 1.37 bits per heavy atom. The molecule has 0 spiro atoms. The van der Waals surface area contributed by atoms with E-state index in [1.165, 1.54) is 19.2 Å². The fraction of sp³-hybridized carbons (Fsp3) is 0.167. The van der Waals surface area contributed by atoms with E-state index in [4.69, 9.17) is 0 Å². The van der Waals surface area contributed by atoms with Crippen molar-refractivity contribution in [3.05, 3.63) is 51.6 Å². The van der Waals surface area contributed by atoms with Gasteiger partial charge in [0.05, 0.1) is 0 Å². The summed E-state index contributed by atoms with van der Waals surface area (Å²) in [7, 11) is -2.11. The maximum atomic E-state index is 13.7. The predicted octanol–water partition coefficient (Wildman–Crippen LogP) is 3.47. The molecular formula is C12H11BrFNO2S2. The van der Waals surface area contributed by atoms with Gasteiger partial charge in [0.15, 0.2) is 0 Å². The molecule has 0 amide bonds. The zero-order valence-corrected chi connectivity index (χ0v) is 13.2. The van der Waals surface area contributed by atoms with E-state index in [9.17, 15) is 12.8 Å². The number of thiophene rings is 1. The van der Waals surface area contributed by atoms with Crippen molar-refractivity contribution in [3.63, 3.8) is 0 Å². The van der Waals surface area contributed by atoms with Gasteiger partial charge >= 0.3 is 0 Å². The molecule has 2 rings (SSSR count). The molecule has 0 saturated carbocycles. The summed E-state index contributed by atoms with van der Waals surface area (Å²) in [6, 6.07) is 7.78. The second-order valence-corrected chi connectivity index (χ2v) is 8.06. The van der Waals surface area contributed by atoms with Crippen molar-refractivity contribution in [1.82, 2.24) is 4.31 Å². The molecule has 0 N–H and O–H groups in total. The van der Waals surface area contributed by atoms with Gasteiger partial charge in [-0.25, -0.2) is 12.8 Å². The van der Waals surface area contributed by atoms with Crippen LogP contribution in [0.3, 0.4) is 0 Å². The summed E-state index contributed by atoms with van der Waals surface area (Å²) in [6.45, 7) is -0.000648. The van der Waals surface area contributed by atoms with Crippen molar-refractivity contribution in [1.29, 1.82) is 0 Å². The smallest absolute Gasteiger partial charge is 0.207 e. The second-order valence-electron chi connectivity index (χ2n) is 3.93. The van der Waals surface area contributed by atoms with E-state index in [2.05, 4.69) is 15.9 Å². The molecule has 0 saturated heterocycles. The average molecular weight is 364 g/mol. The Kier molecular flexibility index (Phi) is 4.39. The lowest BCUT2D eigenvalue weighted by atomic mass is 10.2. The minimum atomic E-state index is -3.55. The third kappa shape index (κ3) is 3.22. The lowest BCUT2D eigenvalue weighted by Crippen LogP contribution is -2.26. The van der Waals surface area contributed by atoms with Crippen molar-refractivity contribution >= 4 is 37.3 Å². The maximum Gasteiger partial charge on any atom is 0.252 e. The normalized spacial score (nSPS) is 12.0. The van der Waals surface area contributed by atoms with Crippen molar-refractivity contribution in [2.75, 3.05) is 7.05 Å². The van der Waals surface area contributed by atoms with Crippen LogP contribution >= 0.6 is 27.3 Å². The third-order valence-electron chi connectivity index (χ3n) is 2.57. The van der Waals surface area contributed by atoms with Crippen molar-refractivity contribution < 1.29 is 12.8 Å². The number of benzene rings is 1. The highest BCUT2D eigenvalue weighted by Gasteiger charge is 2.22. The first kappa shape index (κ1) is 14.6. The van der Waals surface area contributed by atoms with E-state index in [-0.39, 0.29) is 10.8 Å². The van der Waals surface area contributed by atoms with Crippen molar-refractivity contribution in [2.45, 2.75) is 10.8 Å². The molecular weight excluding hydrogens is 353 g/mol. The zero-order valence-electron chi connectivity index (χ0n) is 10.0. The molecule has 0 aliphatic carbocycles. The molecule has 0 unspecified atom stereocenters. The summed E-state index contributed by atoms with van der Waals surface area (Å²) >= 11 is 4.31. The van der Waals surface area contributed by atoms with E-state index in [0.29, 0.717) is 10.0 Å². The molecule has 0 atom stereocenters. The summed E-state index contributed by atoms with van der Waals surface area (Å²) < 4.78 is 40.1. The Hall–Kier alpha value is -0.760. The van der Waals surface area contributed by atoms with Gasteiger partial charge in [0.2, 0.25) is 0 Å². The number of hydrogen-bond acceptors (Lipinski definition) is 3. The van der Waals surface area contributed by atoms with Crippen LogP contribution in [0.4, 0.5) is 4.39 Å². The number of rotatable bonds is 4. The fourth-order valence-corrected chi connectivity index (χ4v) is 4.22. The topological polar surface area (TPSA) is 37.4 Å². The summed E-state index contributed by atoms with van der Waals surface area (Å²) in [5.41, 5.74) is 0.339. The van der Waals surface area contributed by atoms with Crippen LogP contribution in [-0.4, -0.2) is 19.8 Å². The third-order valence-corrected chi connectivity index (χ3v) is 6.24. The van der Waals surface area contributed by atoms with Crippen LogP contribution in [0.25, 0.3) is 0 Å². The molecule has 0 fully saturated rings. The molecule has 1 heterocycles. The molecule has 0 aliphatic rings. The van der Waals surface area contributed by atoms with Crippen LogP contribution in [0.1, 0.15) is 5.56 Å². The summed E-state index contributed by atoms with van der Waals surface area (Å²) in [5.74, 6) is -0.428. The quantitative estimate of drug-likeness (QED) is 0.833. The van der Waals surface area contributed by atoms with Gasteiger partial charge in [-0.1, -0.05) is 28.1 Å². The highest BCUT2D eigenvalue weighted by atomic mass is 79.9. The minimum Gasteiger partial charge on any atom is -0.207 e. The fourth-order valence-electron chi connectivity index (χ4n) is 1.54. The first-order chi connectivity index (χ1) is 8.91. The standard InChI is InChI=1S/C12H11BrFNO2S2/c1-15(19(16,17)12-3-2-6-18-12)8-9-4-5-10(13)7-11(9)14/h2-7H,8H2,1H3. The van der Waals surface area contributed by atoms with Crippen LogP contribution in [0.2, 0.25) is 0 Å². The zero-order chi connectivity index (χ0) is 14.0. The highest BCUT2D eigenvalue weighted by molar-refractivity contribution is 9.10. The second kappa shape index (κ2) is 5.70. The van der Waals surface area contributed by atoms with E-state index in [0.717, 1.165) is 15.6 Å². The Balaban J connectivity index is 2.24. The molecule has 0 radical (unpaired) electrons. The lowest BCUT2D eigenvalue weighted by Gasteiger charge is -2.16. The van der Waals surface area contributed by atoms with Gasteiger partial charge in [-0.2, -0.15) is 4.31 Å². The molecule has 1 aromatic carbocycles. The number of hydrogen-bond donors (Lipinski definition) is 0. The van der Waals surface area contributed by atoms with Gasteiger partial charge in [0, 0.05) is 23.6 Å². The van der Waals surface area contributed by atoms with Gasteiger partial charge in [-0.3, -0.25) is 0 Å². The Labute approximate surface area is 123 Å². The van der Waals surface area contributed by atoms with E-state index < -0.39 is 15.8 Å². The molecule has 19 heavy (non-hydrogen) atoms. The number of sulfonamides is 1. The monoisotopic (exact) mass is 363 g/mol. The van der Waals surface area contributed by atoms with E-state index in [1.807, 2.05) is 0 Å². The van der Waals surface area contributed by atoms with Crippen LogP contribution in [0, 0.1) is 5.82 Å². The van der Waals surface area contributed by atoms with E-state index in [1.54, 1.807) is 23.6 Å². The largest absolute Gasteiger partial charge is 0.252 e. The number of halogens is 2. The summed E-state index contributed by atoms with van der Waals surface area (Å²) in [5, 5.41) is 1.70. The van der Waals surface area contributed by atoms with Crippen molar-refractivity contribution in [3.8, 4) is 0 Å². The SMILES string of the molecule is CN(Cc1ccc(Br)cc1F)S(=O)(=O)c1cccs1. The Bertz CT molecular complexity index is 671. The van der Waals surface area contributed by atoms with Gasteiger partial charge in [-0.15, -0.1) is 11.3 Å². The van der Waals surface area contributed by atoms with Gasteiger partial charge in [0.1, 0.15) is 10.0 Å². The van der Waals surface area contributed by atoms with Crippen LogP contribution < -0.4 is 0 Å². The molecule has 102 valence electrons.